The predicted octanol–water partition coefficient (Wildman–Crippen LogP) is 4.39. The number of hydrogen-bond donors (Lipinski definition) is 2. The third-order valence-corrected chi connectivity index (χ3v) is 9.42. The summed E-state index contributed by atoms with van der Waals surface area (Å²) in [5.41, 5.74) is 3.98. The van der Waals surface area contributed by atoms with Gasteiger partial charge >= 0.3 is 0 Å². The van der Waals surface area contributed by atoms with Crippen molar-refractivity contribution in [3.63, 3.8) is 0 Å². The van der Waals surface area contributed by atoms with E-state index >= 15 is 0 Å². The molecule has 2 aromatic carbocycles. The molecule has 2 N–H and O–H groups in total. The van der Waals surface area contributed by atoms with Crippen molar-refractivity contribution in [3.8, 4) is 16.9 Å². The third-order valence-electron chi connectivity index (χ3n) is 8.82. The van der Waals surface area contributed by atoms with Crippen LogP contribution in [-0.2, 0) is 26.0 Å². The van der Waals surface area contributed by atoms with Crippen LogP contribution in [0.3, 0.4) is 0 Å². The minimum Gasteiger partial charge on any atom is -0.490 e. The molecule has 2 amide bonds. The number of carbonyl (C=O) groups excluding carboxylic acids is 2. The molecule has 2 aromatic rings. The van der Waals surface area contributed by atoms with Crippen LogP contribution in [0.25, 0.3) is 11.1 Å². The van der Waals surface area contributed by atoms with Crippen LogP contribution in [0, 0.1) is 5.41 Å². The van der Waals surface area contributed by atoms with Crippen molar-refractivity contribution in [3.05, 3.63) is 53.6 Å². The first-order valence-corrected chi connectivity index (χ1v) is 16.7. The lowest BCUT2D eigenvalue weighted by Crippen LogP contribution is -2.45. The van der Waals surface area contributed by atoms with Gasteiger partial charge in [-0.1, -0.05) is 56.7 Å². The Morgan fingerprint density at radius 1 is 1.05 bits per heavy atom. The number of benzene rings is 2. The van der Waals surface area contributed by atoms with E-state index in [9.17, 15) is 18.0 Å². The van der Waals surface area contributed by atoms with Crippen molar-refractivity contribution in [1.82, 2.24) is 14.9 Å². The second-order valence-corrected chi connectivity index (χ2v) is 14.8. The number of nitrogens with zero attached hydrogens (tertiary/aromatic N) is 1. The maximum atomic E-state index is 13.1. The largest absolute Gasteiger partial charge is 0.490 e. The molecule has 9 heteroatoms. The minimum absolute atomic E-state index is 0.0547. The Labute approximate surface area is 244 Å². The Morgan fingerprint density at radius 2 is 1.80 bits per heavy atom. The molecule has 0 radical (unpaired) electrons. The van der Waals surface area contributed by atoms with E-state index in [-0.39, 0.29) is 35.9 Å². The molecule has 0 bridgehead atoms. The number of likely N-dealkylation sites (tertiary alicyclic amines) is 1. The normalized spacial score (nSPS) is 24.5. The molecule has 2 saturated carbocycles. The second-order valence-electron chi connectivity index (χ2n) is 13.0. The number of hydrogen-bond acceptors (Lipinski definition) is 6. The van der Waals surface area contributed by atoms with Crippen molar-refractivity contribution in [2.45, 2.75) is 89.3 Å². The highest BCUT2D eigenvalue weighted by atomic mass is 32.2. The van der Waals surface area contributed by atoms with E-state index < -0.39 is 15.9 Å². The molecule has 3 atom stereocenters. The van der Waals surface area contributed by atoms with Crippen LogP contribution in [0.1, 0.15) is 75.8 Å². The Kier molecular flexibility index (Phi) is 8.48. The molecule has 0 unspecified atom stereocenters. The molecule has 1 heterocycles. The summed E-state index contributed by atoms with van der Waals surface area (Å²) in [6.45, 7) is 5.32. The first-order chi connectivity index (χ1) is 19.4. The Balaban J connectivity index is 1.37. The molecule has 5 rings (SSSR count). The first kappa shape index (κ1) is 29.6. The highest BCUT2D eigenvalue weighted by Gasteiger charge is 2.40. The van der Waals surface area contributed by atoms with Gasteiger partial charge < -0.3 is 10.1 Å². The van der Waals surface area contributed by atoms with E-state index in [0.29, 0.717) is 18.1 Å². The summed E-state index contributed by atoms with van der Waals surface area (Å²) in [6, 6.07) is 13.9. The Hall–Kier alpha value is -2.91. The summed E-state index contributed by atoms with van der Waals surface area (Å²) in [6.07, 6.45) is 7.52. The van der Waals surface area contributed by atoms with Crippen LogP contribution in [0.4, 0.5) is 0 Å². The Morgan fingerprint density at radius 3 is 2.46 bits per heavy atom. The molecule has 2 aliphatic carbocycles. The van der Waals surface area contributed by atoms with Gasteiger partial charge in [0.15, 0.2) is 0 Å². The van der Waals surface area contributed by atoms with Crippen LogP contribution >= 0.6 is 0 Å². The van der Waals surface area contributed by atoms with Gasteiger partial charge in [-0.15, -0.1) is 0 Å². The van der Waals surface area contributed by atoms with Gasteiger partial charge in [0.25, 0.3) is 0 Å². The highest BCUT2D eigenvalue weighted by molar-refractivity contribution is 7.89. The molecule has 0 aromatic heterocycles. The molecule has 222 valence electrons. The van der Waals surface area contributed by atoms with Crippen LogP contribution in [0.5, 0.6) is 5.75 Å². The number of nitrogens with one attached hydrogen (secondary N) is 2. The molecule has 3 aliphatic rings. The fourth-order valence-electron chi connectivity index (χ4n) is 6.82. The lowest BCUT2D eigenvalue weighted by atomic mass is 9.76. The van der Waals surface area contributed by atoms with Gasteiger partial charge in [-0.3, -0.25) is 19.2 Å². The van der Waals surface area contributed by atoms with E-state index in [1.54, 1.807) is 0 Å². The van der Waals surface area contributed by atoms with Gasteiger partial charge in [-0.25, -0.2) is 8.42 Å². The van der Waals surface area contributed by atoms with Crippen LogP contribution in [0.15, 0.2) is 42.5 Å². The van der Waals surface area contributed by atoms with Crippen LogP contribution in [-0.4, -0.2) is 63.2 Å². The topological polar surface area (TPSA) is 105 Å². The average Bonchev–Trinajstić information content (AvgIpc) is 3.39. The van der Waals surface area contributed by atoms with Gasteiger partial charge in [0.05, 0.1) is 18.7 Å². The summed E-state index contributed by atoms with van der Waals surface area (Å²) >= 11 is 0. The van der Waals surface area contributed by atoms with Gasteiger partial charge in [0, 0.05) is 24.6 Å². The maximum Gasteiger partial charge on any atom is 0.237 e. The smallest absolute Gasteiger partial charge is 0.237 e. The van der Waals surface area contributed by atoms with Crippen molar-refractivity contribution in [2.24, 2.45) is 5.41 Å². The monoisotopic (exact) mass is 581 g/mol. The van der Waals surface area contributed by atoms with Gasteiger partial charge in [0.2, 0.25) is 21.8 Å². The maximum absolute atomic E-state index is 13.1. The van der Waals surface area contributed by atoms with Crippen LogP contribution < -0.4 is 14.8 Å². The average molecular weight is 582 g/mol. The highest BCUT2D eigenvalue weighted by Crippen LogP contribution is 2.45. The molecule has 3 fully saturated rings. The molecular formula is C32H43N3O5S. The van der Waals surface area contributed by atoms with E-state index in [4.69, 9.17) is 4.74 Å². The number of amides is 2. The summed E-state index contributed by atoms with van der Waals surface area (Å²) in [4.78, 5) is 28.0. The van der Waals surface area contributed by atoms with Crippen LogP contribution in [0.2, 0.25) is 0 Å². The number of sulfonamides is 1. The summed E-state index contributed by atoms with van der Waals surface area (Å²) in [7, 11) is -1.65. The van der Waals surface area contributed by atoms with Gasteiger partial charge in [-0.2, -0.15) is 0 Å². The lowest BCUT2D eigenvalue weighted by molar-refractivity contribution is -0.125. The lowest BCUT2D eigenvalue weighted by Gasteiger charge is -2.29. The summed E-state index contributed by atoms with van der Waals surface area (Å²) < 4.78 is 32.2. The Bertz CT molecular complexity index is 1400. The fraction of sp³-hybridized carbons (Fsp3) is 0.562. The second kappa shape index (κ2) is 11.8. The van der Waals surface area contributed by atoms with E-state index in [2.05, 4.69) is 40.9 Å². The molecule has 8 nitrogen and oxygen atoms in total. The summed E-state index contributed by atoms with van der Waals surface area (Å²) in [5, 5.41) is 3.28. The number of rotatable bonds is 9. The summed E-state index contributed by atoms with van der Waals surface area (Å²) in [5.74, 6) is 0.672. The number of ether oxygens (including phenoxy) is 1. The molecule has 0 spiro atoms. The zero-order valence-electron chi connectivity index (χ0n) is 24.6. The van der Waals surface area contributed by atoms with E-state index in [1.807, 2.05) is 37.4 Å². The molecular weight excluding hydrogens is 538 g/mol. The zero-order valence-corrected chi connectivity index (χ0v) is 25.4. The standard InChI is InChI=1S/C32H43N3O5S/c1-32(2)19-27(35(3)20-32)31(37)33-23-15-16-24(18-23)40-28-14-8-11-22(17-29(36)34-41(4,38)39)30(28)26-13-6-5-12-25(26)21-9-7-10-21/h5-6,8,11-14,21,23-24,27H,7,9-10,15-20H2,1-4H3,(H,33,37)(H,34,36)/t23-,24-,27+/m1/s1. The predicted molar refractivity (Wildman–Crippen MR) is 160 cm³/mol. The molecule has 41 heavy (non-hydrogen) atoms. The number of likely N-dealkylation sites (N-methyl/N-ethyl adjacent to an activating group) is 1. The van der Waals surface area contributed by atoms with Crippen molar-refractivity contribution in [2.75, 3.05) is 19.8 Å². The SMILES string of the molecule is CN1CC(C)(C)C[C@H]1C(=O)N[C@@H]1CC[C@@H](Oc2cccc(CC(=O)NS(C)(=O)=O)c2-c2ccccc2C2CCC2)C1. The first-order valence-electron chi connectivity index (χ1n) is 14.8. The van der Waals surface area contributed by atoms with Crippen molar-refractivity contribution < 1.29 is 22.7 Å². The fourth-order valence-corrected chi connectivity index (χ4v) is 7.31. The zero-order chi connectivity index (χ0) is 29.4. The van der Waals surface area contributed by atoms with Crippen molar-refractivity contribution >= 4 is 21.8 Å². The molecule has 1 aliphatic heterocycles. The van der Waals surface area contributed by atoms with Gasteiger partial charge in [0.1, 0.15) is 11.9 Å². The quantitative estimate of drug-likeness (QED) is 0.455. The van der Waals surface area contributed by atoms with Crippen molar-refractivity contribution in [1.29, 1.82) is 0 Å². The van der Waals surface area contributed by atoms with E-state index in [0.717, 1.165) is 61.6 Å². The number of carbonyl (C=O) groups is 2. The molecule has 1 saturated heterocycles. The van der Waals surface area contributed by atoms with E-state index in [1.165, 1.54) is 12.0 Å². The third kappa shape index (κ3) is 7.12. The van der Waals surface area contributed by atoms with Gasteiger partial charge in [-0.05, 0) is 73.2 Å². The minimum atomic E-state index is -3.67.